The number of hydrogen-bond acceptors (Lipinski definition) is 1. The molecule has 0 saturated carbocycles. The van der Waals surface area contributed by atoms with E-state index < -0.39 is 10.8 Å². The van der Waals surface area contributed by atoms with Gasteiger partial charge in [-0.25, -0.2) is 0 Å². The first kappa shape index (κ1) is 7.61. The first-order chi connectivity index (χ1) is 5.88. The van der Waals surface area contributed by atoms with Crippen molar-refractivity contribution in [2.45, 2.75) is 0 Å². The summed E-state index contributed by atoms with van der Waals surface area (Å²) >= 11 is 0.417. The van der Waals surface area contributed by atoms with E-state index in [1.54, 1.807) is 0 Å². The predicted molar refractivity (Wildman–Crippen MR) is 52.0 cm³/mol. The van der Waals surface area contributed by atoms with Crippen LogP contribution in [-0.2, 0) is 10.8 Å². The molecule has 0 saturated heterocycles. The van der Waals surface area contributed by atoms with Gasteiger partial charge in [0, 0.05) is 0 Å². The van der Waals surface area contributed by atoms with E-state index in [0.29, 0.717) is 0 Å². The Morgan fingerprint density at radius 2 is 1.50 bits per heavy atom. The van der Waals surface area contributed by atoms with Gasteiger partial charge in [-0.15, -0.1) is 0 Å². The van der Waals surface area contributed by atoms with Crippen molar-refractivity contribution in [3.05, 3.63) is 40.4 Å². The third-order valence-corrected chi connectivity index (χ3v) is 9.20. The first-order valence-corrected chi connectivity index (χ1v) is 8.73. The number of rotatable bonds is 0. The van der Waals surface area contributed by atoms with Crippen LogP contribution in [0.25, 0.3) is 0 Å². The Balaban J connectivity index is 2.20. The molecule has 0 N–H and O–H groups in total. The van der Waals surface area contributed by atoms with Gasteiger partial charge in [0.25, 0.3) is 0 Å². The van der Waals surface area contributed by atoms with Gasteiger partial charge in [0.05, 0.1) is 0 Å². The van der Waals surface area contributed by atoms with E-state index in [4.69, 9.17) is 0 Å². The predicted octanol–water partition coefficient (Wildman–Crippen LogP) is 0.635. The van der Waals surface area contributed by atoms with E-state index in [2.05, 4.69) is 21.9 Å². The van der Waals surface area contributed by atoms with Crippen LogP contribution >= 0.6 is 0 Å². The molecule has 0 aromatic rings. The van der Waals surface area contributed by atoms with Crippen LogP contribution in [0.3, 0.4) is 0 Å². The van der Waals surface area contributed by atoms with E-state index in [0.717, 1.165) is 9.81 Å². The molecule has 58 valence electrons. The minimum absolute atomic E-state index is 0.208. The van der Waals surface area contributed by atoms with Gasteiger partial charge in [-0.2, -0.15) is 0 Å². The van der Waals surface area contributed by atoms with Crippen LogP contribution in [-0.4, -0.2) is 35.7 Å². The molecule has 0 bridgehead atoms. The first-order valence-electron chi connectivity index (χ1n) is 3.53. The van der Waals surface area contributed by atoms with Gasteiger partial charge in [0.2, 0.25) is 0 Å². The number of hydrogen-bond donors (Lipinski definition) is 0. The Morgan fingerprint density at radius 1 is 1.00 bits per heavy atom. The quantitative estimate of drug-likeness (QED) is 0.600. The van der Waals surface area contributed by atoms with Gasteiger partial charge in [-0.3, -0.25) is 0 Å². The molecule has 3 aliphatic heterocycles. The van der Waals surface area contributed by atoms with E-state index >= 15 is 0 Å². The Bertz CT molecular complexity index is 377. The Morgan fingerprint density at radius 3 is 2.00 bits per heavy atom. The number of allylic oxidation sites excluding steroid dienone is 4. The fourth-order valence-electron chi connectivity index (χ4n) is 1.42. The summed E-state index contributed by atoms with van der Waals surface area (Å²) < 4.78 is 14.7. The maximum absolute atomic E-state index is 11.8. The standard InChI is InChI=1S/C8H4As2OS/c11-12-5-1-3-9-7(5)8-6(12)2-4-10-8/h1-4H. The minimum atomic E-state index is -0.801. The summed E-state index contributed by atoms with van der Waals surface area (Å²) in [5.74, 6) is 0. The SMILES string of the molecule is O=S1C2=C([As]C=C2)C2=C1C=C[As]2. The molecule has 3 aliphatic rings. The van der Waals surface area contributed by atoms with Crippen molar-refractivity contribution in [3.63, 3.8) is 0 Å². The van der Waals surface area contributed by atoms with Crippen LogP contribution in [0.15, 0.2) is 40.4 Å². The Hall–Kier alpha value is 0.227. The van der Waals surface area contributed by atoms with Crippen LogP contribution in [0.1, 0.15) is 0 Å². The van der Waals surface area contributed by atoms with Gasteiger partial charge in [0.15, 0.2) is 0 Å². The van der Waals surface area contributed by atoms with Crippen LogP contribution in [0.2, 0.25) is 0 Å². The molecule has 0 amide bonds. The molecule has 0 atom stereocenters. The topological polar surface area (TPSA) is 17.1 Å². The molecule has 12 heavy (non-hydrogen) atoms. The van der Waals surface area contributed by atoms with Gasteiger partial charge in [-0.05, 0) is 0 Å². The molecule has 1 nitrogen and oxygen atoms in total. The second-order valence-electron chi connectivity index (χ2n) is 2.58. The van der Waals surface area contributed by atoms with E-state index in [1.807, 2.05) is 0 Å². The molecular weight excluding hydrogens is 294 g/mol. The van der Waals surface area contributed by atoms with Gasteiger partial charge >= 0.3 is 86.9 Å². The van der Waals surface area contributed by atoms with Crippen LogP contribution in [0.5, 0.6) is 0 Å². The average Bonchev–Trinajstić information content (AvgIpc) is 2.72. The summed E-state index contributed by atoms with van der Waals surface area (Å²) in [4.78, 5) is 6.67. The number of fused-ring (bicyclic) bond motifs is 1. The zero-order valence-electron chi connectivity index (χ0n) is 6.02. The summed E-state index contributed by atoms with van der Waals surface area (Å²) in [6, 6.07) is 0. The van der Waals surface area contributed by atoms with E-state index in [-0.39, 0.29) is 31.5 Å². The third kappa shape index (κ3) is 0.838. The monoisotopic (exact) mass is 298 g/mol. The zero-order valence-corrected chi connectivity index (χ0v) is 10.6. The molecule has 0 spiro atoms. The molecule has 0 unspecified atom stereocenters. The Labute approximate surface area is 86.5 Å². The van der Waals surface area contributed by atoms with Crippen LogP contribution < -0.4 is 0 Å². The second kappa shape index (κ2) is 2.61. The molecule has 3 rings (SSSR count). The maximum atomic E-state index is 11.8. The molecule has 0 aromatic heterocycles. The van der Waals surface area contributed by atoms with E-state index in [9.17, 15) is 4.21 Å². The zero-order chi connectivity index (χ0) is 8.13. The van der Waals surface area contributed by atoms with Gasteiger partial charge < -0.3 is 0 Å². The molecule has 3 heterocycles. The fraction of sp³-hybridized carbons (Fsp3) is 0. The molecule has 4 heteroatoms. The van der Waals surface area contributed by atoms with Crippen molar-refractivity contribution < 1.29 is 4.21 Å². The van der Waals surface area contributed by atoms with Crippen molar-refractivity contribution in [2.24, 2.45) is 0 Å². The molecule has 0 aromatic carbocycles. The van der Waals surface area contributed by atoms with E-state index in [1.165, 1.54) is 8.72 Å². The van der Waals surface area contributed by atoms with Crippen molar-refractivity contribution in [2.75, 3.05) is 0 Å². The van der Waals surface area contributed by atoms with Crippen molar-refractivity contribution in [3.8, 4) is 0 Å². The molecular formula is C8H4As2OS. The molecule has 2 radical (unpaired) electrons. The molecule has 0 fully saturated rings. The van der Waals surface area contributed by atoms with Crippen molar-refractivity contribution >= 4 is 42.3 Å². The summed E-state index contributed by atoms with van der Waals surface area (Å²) in [5.41, 5.74) is 0. The second-order valence-corrected chi connectivity index (χ2v) is 8.21. The van der Waals surface area contributed by atoms with Gasteiger partial charge in [0.1, 0.15) is 0 Å². The summed E-state index contributed by atoms with van der Waals surface area (Å²) in [5, 5.41) is 0. The Kier molecular flexibility index (Phi) is 1.65. The van der Waals surface area contributed by atoms with Gasteiger partial charge in [-0.1, -0.05) is 0 Å². The fourth-order valence-corrected chi connectivity index (χ4v) is 9.64. The third-order valence-electron chi connectivity index (χ3n) is 1.95. The van der Waals surface area contributed by atoms with Crippen LogP contribution in [0, 0.1) is 0 Å². The van der Waals surface area contributed by atoms with Crippen LogP contribution in [0.4, 0.5) is 0 Å². The normalized spacial score (nSPS) is 34.5. The summed E-state index contributed by atoms with van der Waals surface area (Å²) in [6.07, 6.45) is 4.14. The van der Waals surface area contributed by atoms with Crippen molar-refractivity contribution in [1.29, 1.82) is 0 Å². The summed E-state index contributed by atoms with van der Waals surface area (Å²) in [7, 11) is -0.801. The average molecular weight is 298 g/mol. The van der Waals surface area contributed by atoms with Crippen molar-refractivity contribution in [1.82, 2.24) is 0 Å². The molecule has 0 aliphatic carbocycles. The summed E-state index contributed by atoms with van der Waals surface area (Å²) in [6.45, 7) is 0.